The fourth-order valence-electron chi connectivity index (χ4n) is 0.913. The molecule has 0 aromatic carbocycles. The molecule has 0 radical (unpaired) electrons. The normalized spacial score (nSPS) is 17.2. The van der Waals surface area contributed by atoms with Crippen LogP contribution in [-0.2, 0) is 4.79 Å². The highest BCUT2D eigenvalue weighted by Crippen LogP contribution is 2.04. The standard InChI is InChI=1S/C9H20N2O3/c1-3-6(2)8(10)9(14)11-4-7(13)5-12/h6-8,12-13H,3-5,10H2,1-2H3,(H,11,14). The molecule has 0 aromatic heterocycles. The molecular weight excluding hydrogens is 184 g/mol. The third-order valence-corrected chi connectivity index (χ3v) is 2.28. The Hall–Kier alpha value is -0.650. The van der Waals surface area contributed by atoms with Crippen LogP contribution in [-0.4, -0.2) is 41.4 Å². The van der Waals surface area contributed by atoms with Crippen LogP contribution >= 0.6 is 0 Å². The first-order valence-electron chi connectivity index (χ1n) is 4.85. The Labute approximate surface area is 84.3 Å². The molecule has 0 spiro atoms. The van der Waals surface area contributed by atoms with E-state index in [0.29, 0.717) is 0 Å². The molecule has 0 heterocycles. The Morgan fingerprint density at radius 2 is 2.14 bits per heavy atom. The highest BCUT2D eigenvalue weighted by atomic mass is 16.3. The molecule has 1 amide bonds. The van der Waals surface area contributed by atoms with Crippen molar-refractivity contribution in [2.24, 2.45) is 11.7 Å². The van der Waals surface area contributed by atoms with Gasteiger partial charge in [0.25, 0.3) is 0 Å². The summed E-state index contributed by atoms with van der Waals surface area (Å²) in [6.45, 7) is 3.53. The van der Waals surface area contributed by atoms with Crippen LogP contribution < -0.4 is 11.1 Å². The van der Waals surface area contributed by atoms with Gasteiger partial charge in [-0.1, -0.05) is 20.3 Å². The SMILES string of the molecule is CCC(C)C(N)C(=O)NCC(O)CO. The maximum atomic E-state index is 11.3. The van der Waals surface area contributed by atoms with Gasteiger partial charge >= 0.3 is 0 Å². The van der Waals surface area contributed by atoms with Crippen LogP contribution in [0, 0.1) is 5.92 Å². The van der Waals surface area contributed by atoms with Gasteiger partial charge in [-0.2, -0.15) is 0 Å². The van der Waals surface area contributed by atoms with Gasteiger partial charge in [-0.05, 0) is 5.92 Å². The molecule has 3 unspecified atom stereocenters. The van der Waals surface area contributed by atoms with Gasteiger partial charge in [-0.25, -0.2) is 0 Å². The fraction of sp³-hybridized carbons (Fsp3) is 0.889. The van der Waals surface area contributed by atoms with Gasteiger partial charge in [0.05, 0.1) is 18.8 Å². The minimum Gasteiger partial charge on any atom is -0.394 e. The van der Waals surface area contributed by atoms with Gasteiger partial charge < -0.3 is 21.3 Å². The third-order valence-electron chi connectivity index (χ3n) is 2.28. The molecule has 3 atom stereocenters. The molecule has 0 aromatic rings. The number of nitrogens with one attached hydrogen (secondary N) is 1. The monoisotopic (exact) mass is 204 g/mol. The summed E-state index contributed by atoms with van der Waals surface area (Å²) in [4.78, 5) is 11.3. The molecular formula is C9H20N2O3. The number of carbonyl (C=O) groups excluding carboxylic acids is 1. The summed E-state index contributed by atoms with van der Waals surface area (Å²) in [6, 6.07) is -0.550. The van der Waals surface area contributed by atoms with E-state index < -0.39 is 12.1 Å². The van der Waals surface area contributed by atoms with Gasteiger partial charge in [0.15, 0.2) is 0 Å². The predicted octanol–water partition coefficient (Wildman–Crippen LogP) is -1.17. The number of hydrogen-bond acceptors (Lipinski definition) is 4. The predicted molar refractivity (Wildman–Crippen MR) is 53.5 cm³/mol. The summed E-state index contributed by atoms with van der Waals surface area (Å²) in [5.74, 6) is -0.173. The lowest BCUT2D eigenvalue weighted by Gasteiger charge is -2.18. The second kappa shape index (κ2) is 6.75. The Bertz CT molecular complexity index is 175. The van der Waals surface area contributed by atoms with E-state index in [2.05, 4.69) is 5.32 Å². The first kappa shape index (κ1) is 13.4. The molecule has 0 aliphatic carbocycles. The number of nitrogens with two attached hydrogens (primary N) is 1. The van der Waals surface area contributed by atoms with E-state index in [-0.39, 0.29) is 25.0 Å². The number of carbonyl (C=O) groups is 1. The van der Waals surface area contributed by atoms with E-state index in [0.717, 1.165) is 6.42 Å². The number of amides is 1. The zero-order valence-electron chi connectivity index (χ0n) is 8.73. The molecule has 5 N–H and O–H groups in total. The summed E-state index contributed by atoms with van der Waals surface area (Å²) in [6.07, 6.45) is -0.0833. The van der Waals surface area contributed by atoms with Crippen molar-refractivity contribution in [2.45, 2.75) is 32.4 Å². The Kier molecular flexibility index (Phi) is 6.44. The first-order valence-corrected chi connectivity index (χ1v) is 4.85. The molecule has 0 bridgehead atoms. The first-order chi connectivity index (χ1) is 6.52. The van der Waals surface area contributed by atoms with Gasteiger partial charge in [-0.3, -0.25) is 4.79 Å². The molecule has 0 rings (SSSR count). The topological polar surface area (TPSA) is 95.6 Å². The molecule has 84 valence electrons. The second-order valence-electron chi connectivity index (χ2n) is 3.49. The van der Waals surface area contributed by atoms with Crippen molar-refractivity contribution in [1.82, 2.24) is 5.32 Å². The van der Waals surface area contributed by atoms with Crippen molar-refractivity contribution in [3.8, 4) is 0 Å². The quantitative estimate of drug-likeness (QED) is 0.438. The lowest BCUT2D eigenvalue weighted by molar-refractivity contribution is -0.124. The summed E-state index contributed by atoms with van der Waals surface area (Å²) < 4.78 is 0. The lowest BCUT2D eigenvalue weighted by atomic mass is 9.99. The van der Waals surface area contributed by atoms with E-state index in [4.69, 9.17) is 15.9 Å². The third kappa shape index (κ3) is 4.55. The maximum absolute atomic E-state index is 11.3. The van der Waals surface area contributed by atoms with Crippen molar-refractivity contribution in [3.63, 3.8) is 0 Å². The van der Waals surface area contributed by atoms with Crippen LogP contribution in [0.5, 0.6) is 0 Å². The molecule has 5 nitrogen and oxygen atoms in total. The van der Waals surface area contributed by atoms with Crippen molar-refractivity contribution >= 4 is 5.91 Å². The molecule has 0 saturated carbocycles. The van der Waals surface area contributed by atoms with E-state index in [9.17, 15) is 4.79 Å². The molecule has 0 saturated heterocycles. The Morgan fingerprint density at radius 1 is 1.57 bits per heavy atom. The summed E-state index contributed by atoms with van der Waals surface area (Å²) in [5, 5.41) is 20.0. The molecule has 0 aliphatic heterocycles. The van der Waals surface area contributed by atoms with E-state index in [1.165, 1.54) is 0 Å². The summed E-state index contributed by atoms with van der Waals surface area (Å²) in [5.41, 5.74) is 5.64. The van der Waals surface area contributed by atoms with E-state index >= 15 is 0 Å². The van der Waals surface area contributed by atoms with Crippen LogP contribution in [0.3, 0.4) is 0 Å². The van der Waals surface area contributed by atoms with Crippen LogP contribution in [0.2, 0.25) is 0 Å². The van der Waals surface area contributed by atoms with Crippen molar-refractivity contribution in [1.29, 1.82) is 0 Å². The second-order valence-corrected chi connectivity index (χ2v) is 3.49. The summed E-state index contributed by atoms with van der Waals surface area (Å²) in [7, 11) is 0. The highest BCUT2D eigenvalue weighted by molar-refractivity contribution is 5.81. The zero-order valence-corrected chi connectivity index (χ0v) is 8.73. The van der Waals surface area contributed by atoms with Gasteiger partial charge in [0.2, 0.25) is 5.91 Å². The molecule has 0 aliphatic rings. The molecule has 0 fully saturated rings. The van der Waals surface area contributed by atoms with Gasteiger partial charge in [0, 0.05) is 6.54 Å². The number of aliphatic hydroxyl groups excluding tert-OH is 2. The van der Waals surface area contributed by atoms with Gasteiger partial charge in [-0.15, -0.1) is 0 Å². The van der Waals surface area contributed by atoms with Crippen molar-refractivity contribution in [3.05, 3.63) is 0 Å². The fourth-order valence-corrected chi connectivity index (χ4v) is 0.913. The van der Waals surface area contributed by atoms with Crippen molar-refractivity contribution in [2.75, 3.05) is 13.2 Å². The maximum Gasteiger partial charge on any atom is 0.237 e. The summed E-state index contributed by atoms with van der Waals surface area (Å²) >= 11 is 0. The van der Waals surface area contributed by atoms with Gasteiger partial charge in [0.1, 0.15) is 0 Å². The lowest BCUT2D eigenvalue weighted by Crippen LogP contribution is -2.47. The van der Waals surface area contributed by atoms with Crippen LogP contribution in [0.4, 0.5) is 0 Å². The number of aliphatic hydroxyl groups is 2. The van der Waals surface area contributed by atoms with E-state index in [1.807, 2.05) is 13.8 Å². The van der Waals surface area contributed by atoms with Crippen LogP contribution in [0.1, 0.15) is 20.3 Å². The molecule has 5 heteroatoms. The molecule has 14 heavy (non-hydrogen) atoms. The Morgan fingerprint density at radius 3 is 2.57 bits per heavy atom. The van der Waals surface area contributed by atoms with Crippen molar-refractivity contribution < 1.29 is 15.0 Å². The largest absolute Gasteiger partial charge is 0.394 e. The average molecular weight is 204 g/mol. The number of rotatable bonds is 6. The van der Waals surface area contributed by atoms with E-state index in [1.54, 1.807) is 0 Å². The minimum atomic E-state index is -0.914. The van der Waals surface area contributed by atoms with Crippen LogP contribution in [0.15, 0.2) is 0 Å². The Balaban J connectivity index is 3.84. The average Bonchev–Trinajstić information content (AvgIpc) is 2.22. The van der Waals surface area contributed by atoms with Crippen LogP contribution in [0.25, 0.3) is 0 Å². The highest BCUT2D eigenvalue weighted by Gasteiger charge is 2.19. The smallest absolute Gasteiger partial charge is 0.237 e. The number of hydrogen-bond donors (Lipinski definition) is 4. The zero-order chi connectivity index (χ0) is 11.1. The minimum absolute atomic E-state index is 0.0411.